The average molecular weight is 444 g/mol. The number of nitrogens with zero attached hydrogens (tertiary/aromatic N) is 3. The van der Waals surface area contributed by atoms with Gasteiger partial charge in [0.05, 0.1) is 0 Å². The highest BCUT2D eigenvalue weighted by Gasteiger charge is 2.30. The van der Waals surface area contributed by atoms with E-state index in [0.29, 0.717) is 35.8 Å². The first-order valence-electron chi connectivity index (χ1n) is 10.8. The maximum absolute atomic E-state index is 14.1. The molecule has 2 aromatic rings. The van der Waals surface area contributed by atoms with Gasteiger partial charge in [-0.25, -0.2) is 4.39 Å². The highest BCUT2D eigenvalue weighted by molar-refractivity contribution is 6.31. The summed E-state index contributed by atoms with van der Waals surface area (Å²) in [5.74, 6) is 0.0103. The number of piperidine rings is 1. The van der Waals surface area contributed by atoms with Gasteiger partial charge in [0.2, 0.25) is 5.91 Å². The zero-order valence-corrected chi connectivity index (χ0v) is 18.2. The molecule has 2 aliphatic rings. The number of carbonyl (C=O) groups is 2. The van der Waals surface area contributed by atoms with Crippen LogP contribution >= 0.6 is 11.6 Å². The van der Waals surface area contributed by atoms with Gasteiger partial charge in [-0.3, -0.25) is 14.5 Å². The minimum Gasteiger partial charge on any atom is -0.371 e. The van der Waals surface area contributed by atoms with Crippen LogP contribution in [0.15, 0.2) is 42.5 Å². The van der Waals surface area contributed by atoms with Crippen LogP contribution in [-0.4, -0.2) is 61.3 Å². The molecule has 164 valence electrons. The Morgan fingerprint density at radius 2 is 1.68 bits per heavy atom. The lowest BCUT2D eigenvalue weighted by Crippen LogP contribution is -2.51. The van der Waals surface area contributed by atoms with E-state index in [0.717, 1.165) is 51.0 Å². The molecule has 2 fully saturated rings. The summed E-state index contributed by atoms with van der Waals surface area (Å²) in [5.41, 5.74) is 2.29. The molecule has 0 radical (unpaired) electrons. The Morgan fingerprint density at radius 1 is 1.00 bits per heavy atom. The van der Waals surface area contributed by atoms with E-state index in [1.165, 1.54) is 6.07 Å². The van der Waals surface area contributed by atoms with Crippen molar-refractivity contribution in [1.29, 1.82) is 0 Å². The van der Waals surface area contributed by atoms with E-state index in [-0.39, 0.29) is 17.6 Å². The van der Waals surface area contributed by atoms with Crippen LogP contribution in [0, 0.1) is 11.7 Å². The van der Waals surface area contributed by atoms with Crippen molar-refractivity contribution in [2.45, 2.75) is 19.4 Å². The highest BCUT2D eigenvalue weighted by Crippen LogP contribution is 2.26. The lowest BCUT2D eigenvalue weighted by atomic mass is 9.94. The Kier molecular flexibility index (Phi) is 6.88. The maximum atomic E-state index is 14.1. The van der Waals surface area contributed by atoms with Crippen LogP contribution in [0.1, 0.15) is 28.8 Å². The summed E-state index contributed by atoms with van der Waals surface area (Å²) >= 11 is 6.15. The minimum atomic E-state index is -0.279. The third-order valence-corrected chi connectivity index (χ3v) is 6.72. The van der Waals surface area contributed by atoms with E-state index in [2.05, 4.69) is 9.80 Å². The van der Waals surface area contributed by atoms with Gasteiger partial charge in [-0.15, -0.1) is 0 Å². The molecule has 31 heavy (non-hydrogen) atoms. The van der Waals surface area contributed by atoms with E-state index in [9.17, 15) is 14.0 Å². The minimum absolute atomic E-state index is 0.0538. The molecule has 0 spiro atoms. The van der Waals surface area contributed by atoms with Gasteiger partial charge in [-0.1, -0.05) is 17.7 Å². The van der Waals surface area contributed by atoms with Crippen LogP contribution in [0.5, 0.6) is 0 Å². The molecule has 1 amide bonds. The number of amides is 1. The summed E-state index contributed by atoms with van der Waals surface area (Å²) < 4.78 is 14.1. The molecule has 0 aliphatic carbocycles. The molecule has 0 unspecified atom stereocenters. The fourth-order valence-electron chi connectivity index (χ4n) is 4.44. The molecule has 2 aromatic carbocycles. The molecule has 0 atom stereocenters. The van der Waals surface area contributed by atoms with Crippen molar-refractivity contribution in [1.82, 2.24) is 9.80 Å². The van der Waals surface area contributed by atoms with Gasteiger partial charge < -0.3 is 9.80 Å². The molecular formula is C24H27ClFN3O2. The summed E-state index contributed by atoms with van der Waals surface area (Å²) in [6, 6.07) is 12.3. The second kappa shape index (κ2) is 9.79. The summed E-state index contributed by atoms with van der Waals surface area (Å²) in [4.78, 5) is 30.2. The summed E-state index contributed by atoms with van der Waals surface area (Å²) in [6.07, 6.45) is 2.51. The number of halogens is 2. The Hall–Kier alpha value is -2.44. The molecule has 0 bridgehead atoms. The molecule has 4 rings (SSSR count). The van der Waals surface area contributed by atoms with E-state index >= 15 is 0 Å². The van der Waals surface area contributed by atoms with Crippen molar-refractivity contribution in [2.24, 2.45) is 5.92 Å². The van der Waals surface area contributed by atoms with Crippen molar-refractivity contribution in [3.8, 4) is 0 Å². The number of rotatable bonds is 5. The zero-order chi connectivity index (χ0) is 21.8. The largest absolute Gasteiger partial charge is 0.371 e. The Bertz CT molecular complexity index is 901. The molecule has 2 aliphatic heterocycles. The predicted molar refractivity (Wildman–Crippen MR) is 120 cm³/mol. The third kappa shape index (κ3) is 5.08. The van der Waals surface area contributed by atoms with Gasteiger partial charge in [-0.05, 0) is 49.2 Å². The van der Waals surface area contributed by atoms with Crippen LogP contribution in [0.2, 0.25) is 5.02 Å². The van der Waals surface area contributed by atoms with Gasteiger partial charge in [0.1, 0.15) is 12.1 Å². The molecule has 5 nitrogen and oxygen atoms in total. The Labute approximate surface area is 187 Å². The van der Waals surface area contributed by atoms with Gasteiger partial charge >= 0.3 is 0 Å². The van der Waals surface area contributed by atoms with Crippen LogP contribution in [0.3, 0.4) is 0 Å². The number of hydrogen-bond donors (Lipinski definition) is 0. The van der Waals surface area contributed by atoms with Crippen molar-refractivity contribution in [2.75, 3.05) is 44.2 Å². The van der Waals surface area contributed by atoms with E-state index in [4.69, 9.17) is 11.6 Å². The van der Waals surface area contributed by atoms with Crippen LogP contribution < -0.4 is 4.90 Å². The lowest BCUT2D eigenvalue weighted by molar-refractivity contribution is -0.138. The average Bonchev–Trinajstić information content (AvgIpc) is 2.82. The molecular weight excluding hydrogens is 417 g/mol. The second-order valence-electron chi connectivity index (χ2n) is 8.27. The first-order chi connectivity index (χ1) is 15.0. The van der Waals surface area contributed by atoms with Gasteiger partial charge in [0.25, 0.3) is 0 Å². The predicted octanol–water partition coefficient (Wildman–Crippen LogP) is 3.85. The number of hydrogen-bond acceptors (Lipinski definition) is 4. The van der Waals surface area contributed by atoms with Crippen molar-refractivity contribution in [3.05, 3.63) is 64.4 Å². The van der Waals surface area contributed by atoms with Gasteiger partial charge in [-0.2, -0.15) is 0 Å². The fraction of sp³-hybridized carbons (Fsp3) is 0.417. The molecule has 2 saturated heterocycles. The maximum Gasteiger partial charge on any atom is 0.225 e. The van der Waals surface area contributed by atoms with E-state index in [1.807, 2.05) is 29.2 Å². The summed E-state index contributed by atoms with van der Waals surface area (Å²) in [6.45, 7) is 4.91. The Balaban J connectivity index is 1.26. The highest BCUT2D eigenvalue weighted by atomic mass is 35.5. The number of carbonyl (C=O) groups excluding carboxylic acids is 2. The smallest absolute Gasteiger partial charge is 0.225 e. The first kappa shape index (κ1) is 21.8. The summed E-state index contributed by atoms with van der Waals surface area (Å²) in [5, 5.41) is 0.450. The quantitative estimate of drug-likeness (QED) is 0.658. The second-order valence-corrected chi connectivity index (χ2v) is 8.68. The standard InChI is InChI=1S/C24H27ClFN3O2/c25-22-2-1-3-23(26)21(22)16-27-12-14-29(15-13-27)24(31)19-8-10-28(11-9-19)20-6-4-18(17-30)5-7-20/h1-7,17,19H,8-16H2. The molecule has 0 saturated carbocycles. The van der Waals surface area contributed by atoms with E-state index < -0.39 is 0 Å². The number of anilines is 1. The SMILES string of the molecule is O=Cc1ccc(N2CCC(C(=O)N3CCN(Cc4c(F)cccc4Cl)CC3)CC2)cc1. The molecule has 7 heteroatoms. The van der Waals surface area contributed by atoms with Crippen molar-refractivity contribution >= 4 is 29.5 Å². The first-order valence-corrected chi connectivity index (χ1v) is 11.2. The van der Waals surface area contributed by atoms with Crippen molar-refractivity contribution < 1.29 is 14.0 Å². The zero-order valence-electron chi connectivity index (χ0n) is 17.5. The van der Waals surface area contributed by atoms with Crippen molar-refractivity contribution in [3.63, 3.8) is 0 Å². The Morgan fingerprint density at radius 3 is 2.29 bits per heavy atom. The van der Waals surface area contributed by atoms with Gasteiger partial charge in [0, 0.05) is 73.6 Å². The molecule has 0 N–H and O–H groups in total. The van der Waals surface area contributed by atoms with E-state index in [1.54, 1.807) is 12.1 Å². The normalized spacial score (nSPS) is 18.3. The van der Waals surface area contributed by atoms with Gasteiger partial charge in [0.15, 0.2) is 0 Å². The fourth-order valence-corrected chi connectivity index (χ4v) is 4.66. The number of benzene rings is 2. The monoisotopic (exact) mass is 443 g/mol. The molecule has 2 heterocycles. The van der Waals surface area contributed by atoms with Crippen LogP contribution in [0.4, 0.5) is 10.1 Å². The third-order valence-electron chi connectivity index (χ3n) is 6.37. The number of aldehydes is 1. The summed E-state index contributed by atoms with van der Waals surface area (Å²) in [7, 11) is 0. The number of piperazine rings is 1. The van der Waals surface area contributed by atoms with Crippen LogP contribution in [-0.2, 0) is 11.3 Å². The molecule has 0 aromatic heterocycles. The van der Waals surface area contributed by atoms with Crippen LogP contribution in [0.25, 0.3) is 0 Å². The lowest BCUT2D eigenvalue weighted by Gasteiger charge is -2.39. The topological polar surface area (TPSA) is 43.9 Å².